The van der Waals surface area contributed by atoms with Crippen LogP contribution in [0.4, 0.5) is 0 Å². The first-order chi connectivity index (χ1) is 10.0. The van der Waals surface area contributed by atoms with Crippen LogP contribution >= 0.6 is 11.3 Å². The van der Waals surface area contributed by atoms with Crippen molar-refractivity contribution >= 4 is 23.4 Å². The molecule has 0 bridgehead atoms. The number of thiazole rings is 1. The molecule has 3 rings (SSSR count). The Morgan fingerprint density at radius 3 is 2.48 bits per heavy atom. The van der Waals surface area contributed by atoms with Gasteiger partial charge in [-0.2, -0.15) is 0 Å². The van der Waals surface area contributed by atoms with Gasteiger partial charge in [0.15, 0.2) is 5.82 Å². The lowest BCUT2D eigenvalue weighted by atomic mass is 10.3. The number of hydrogen-bond acceptors (Lipinski definition) is 6. The summed E-state index contributed by atoms with van der Waals surface area (Å²) in [7, 11) is 0. The SMILES string of the molecule is O=C(O)Cn1c(O)c(C=C2N=c3ccccc3=N2)sc1=O. The fourth-order valence-electron chi connectivity index (χ4n) is 1.89. The van der Waals surface area contributed by atoms with Crippen LogP contribution in [0.1, 0.15) is 4.88 Å². The summed E-state index contributed by atoms with van der Waals surface area (Å²) in [6, 6.07) is 7.27. The monoisotopic (exact) mass is 303 g/mol. The van der Waals surface area contributed by atoms with Crippen LogP contribution in [0.3, 0.4) is 0 Å². The van der Waals surface area contributed by atoms with Crippen LogP contribution in [0.2, 0.25) is 0 Å². The predicted molar refractivity (Wildman–Crippen MR) is 74.6 cm³/mol. The van der Waals surface area contributed by atoms with Crippen LogP contribution < -0.4 is 15.6 Å². The summed E-state index contributed by atoms with van der Waals surface area (Å²) >= 11 is 0.746. The minimum Gasteiger partial charge on any atom is -0.493 e. The zero-order valence-corrected chi connectivity index (χ0v) is 11.4. The molecule has 1 aliphatic heterocycles. The van der Waals surface area contributed by atoms with E-state index < -0.39 is 17.4 Å². The van der Waals surface area contributed by atoms with Crippen LogP contribution in [-0.2, 0) is 11.3 Å². The third-order valence-corrected chi connectivity index (χ3v) is 3.71. The molecule has 0 unspecified atom stereocenters. The minimum atomic E-state index is -1.20. The third kappa shape index (κ3) is 2.48. The molecule has 2 heterocycles. The van der Waals surface area contributed by atoms with Gasteiger partial charge in [0.1, 0.15) is 6.54 Å². The summed E-state index contributed by atoms with van der Waals surface area (Å²) in [4.78, 5) is 30.5. The molecule has 0 aliphatic carbocycles. The Morgan fingerprint density at radius 1 is 1.29 bits per heavy atom. The average molecular weight is 303 g/mol. The molecule has 0 amide bonds. The van der Waals surface area contributed by atoms with Crippen molar-refractivity contribution in [2.45, 2.75) is 6.54 Å². The molecule has 0 atom stereocenters. The van der Waals surface area contributed by atoms with Gasteiger partial charge in [0.05, 0.1) is 15.6 Å². The Morgan fingerprint density at radius 2 is 1.90 bits per heavy atom. The number of carboxylic acids is 1. The van der Waals surface area contributed by atoms with Crippen LogP contribution in [0.5, 0.6) is 5.88 Å². The molecule has 0 radical (unpaired) electrons. The number of nitrogens with zero attached hydrogens (tertiary/aromatic N) is 3. The number of carbonyl (C=O) groups is 1. The summed E-state index contributed by atoms with van der Waals surface area (Å²) in [6.07, 6.45) is 1.46. The van der Waals surface area contributed by atoms with Gasteiger partial charge in [0.25, 0.3) is 0 Å². The summed E-state index contributed by atoms with van der Waals surface area (Å²) in [6.45, 7) is -0.584. The van der Waals surface area contributed by atoms with E-state index in [4.69, 9.17) is 5.11 Å². The fraction of sp³-hybridized carbons (Fsp3) is 0.0769. The molecular formula is C13H9N3O4S. The maximum absolute atomic E-state index is 11.7. The van der Waals surface area contributed by atoms with Crippen molar-refractivity contribution in [3.05, 3.63) is 55.3 Å². The lowest BCUT2D eigenvalue weighted by Crippen LogP contribution is -2.19. The topological polar surface area (TPSA) is 104 Å². The maximum atomic E-state index is 11.7. The maximum Gasteiger partial charge on any atom is 0.323 e. The van der Waals surface area contributed by atoms with Crippen molar-refractivity contribution < 1.29 is 15.0 Å². The molecule has 2 N–H and O–H groups in total. The quantitative estimate of drug-likeness (QED) is 0.829. The van der Waals surface area contributed by atoms with E-state index in [1.165, 1.54) is 6.08 Å². The average Bonchev–Trinajstić information content (AvgIpc) is 2.94. The van der Waals surface area contributed by atoms with Gasteiger partial charge in [-0.15, -0.1) is 0 Å². The number of aliphatic carboxylic acids is 1. The van der Waals surface area contributed by atoms with Crippen molar-refractivity contribution in [3.8, 4) is 5.88 Å². The largest absolute Gasteiger partial charge is 0.493 e. The summed E-state index contributed by atoms with van der Waals surface area (Å²) in [5, 5.41) is 20.0. The van der Waals surface area contributed by atoms with Gasteiger partial charge in [0, 0.05) is 6.08 Å². The zero-order chi connectivity index (χ0) is 15.0. The highest BCUT2D eigenvalue weighted by atomic mass is 32.1. The van der Waals surface area contributed by atoms with E-state index in [1.54, 1.807) is 12.1 Å². The second-order valence-electron chi connectivity index (χ2n) is 4.25. The molecule has 106 valence electrons. The van der Waals surface area contributed by atoms with Gasteiger partial charge >= 0.3 is 10.8 Å². The predicted octanol–water partition coefficient (Wildman–Crippen LogP) is -0.0486. The fourth-order valence-corrected chi connectivity index (χ4v) is 2.71. The smallest absolute Gasteiger partial charge is 0.323 e. The van der Waals surface area contributed by atoms with Gasteiger partial charge in [0.2, 0.25) is 5.88 Å². The molecule has 1 aliphatic rings. The van der Waals surface area contributed by atoms with E-state index in [-0.39, 0.29) is 10.8 Å². The van der Waals surface area contributed by atoms with E-state index in [0.29, 0.717) is 16.5 Å². The number of rotatable bonds is 3. The Hall–Kier alpha value is -2.74. The first kappa shape index (κ1) is 13.3. The molecule has 2 aromatic rings. The van der Waals surface area contributed by atoms with Crippen LogP contribution in [0.15, 0.2) is 44.9 Å². The Bertz CT molecular complexity index is 902. The van der Waals surface area contributed by atoms with E-state index in [1.807, 2.05) is 12.1 Å². The molecule has 0 saturated carbocycles. The number of aromatic nitrogens is 1. The molecule has 8 heteroatoms. The van der Waals surface area contributed by atoms with E-state index >= 15 is 0 Å². The third-order valence-electron chi connectivity index (χ3n) is 2.80. The van der Waals surface area contributed by atoms with Gasteiger partial charge in [-0.1, -0.05) is 23.5 Å². The minimum absolute atomic E-state index is 0.233. The van der Waals surface area contributed by atoms with Crippen LogP contribution in [-0.4, -0.2) is 20.7 Å². The highest BCUT2D eigenvalue weighted by Gasteiger charge is 2.15. The van der Waals surface area contributed by atoms with Crippen LogP contribution in [0.25, 0.3) is 6.08 Å². The first-order valence-corrected chi connectivity index (χ1v) is 6.75. The molecule has 0 fully saturated rings. The molecule has 1 aromatic heterocycles. The lowest BCUT2D eigenvalue weighted by Gasteiger charge is -1.98. The number of benzene rings is 1. The van der Waals surface area contributed by atoms with E-state index in [9.17, 15) is 14.7 Å². The summed E-state index contributed by atoms with van der Waals surface area (Å²) in [5.74, 6) is -1.23. The molecule has 21 heavy (non-hydrogen) atoms. The summed E-state index contributed by atoms with van der Waals surface area (Å²) < 4.78 is 0.793. The molecule has 0 saturated heterocycles. The highest BCUT2D eigenvalue weighted by Crippen LogP contribution is 2.23. The van der Waals surface area contributed by atoms with Gasteiger partial charge in [-0.05, 0) is 12.1 Å². The Kier molecular flexibility index (Phi) is 3.15. The highest BCUT2D eigenvalue weighted by molar-refractivity contribution is 7.10. The standard InChI is InChI=1S/C13H9N3O4S/c17-11(18)6-16-12(19)9(21-13(16)20)5-10-14-7-3-1-2-4-8(7)15-10/h1-5,19H,6H2,(H,17,18). The number of carboxylic acid groups (broad SMARTS) is 1. The van der Waals surface area contributed by atoms with Crippen molar-refractivity contribution in [1.82, 2.24) is 4.57 Å². The lowest BCUT2D eigenvalue weighted by molar-refractivity contribution is -0.137. The molecular weight excluding hydrogens is 294 g/mol. The van der Waals surface area contributed by atoms with Crippen molar-refractivity contribution in [1.29, 1.82) is 0 Å². The second kappa shape index (κ2) is 4.98. The van der Waals surface area contributed by atoms with Crippen LogP contribution in [0, 0.1) is 0 Å². The summed E-state index contributed by atoms with van der Waals surface area (Å²) in [5.41, 5.74) is 0. The molecule has 1 aromatic carbocycles. The Balaban J connectivity index is 2.04. The zero-order valence-electron chi connectivity index (χ0n) is 10.6. The molecule has 0 spiro atoms. The Labute approximate surface area is 121 Å². The van der Waals surface area contributed by atoms with Gasteiger partial charge < -0.3 is 10.2 Å². The van der Waals surface area contributed by atoms with Gasteiger partial charge in [-0.3, -0.25) is 14.2 Å². The number of fused-ring (bicyclic) bond motifs is 1. The second-order valence-corrected chi connectivity index (χ2v) is 5.24. The van der Waals surface area contributed by atoms with Gasteiger partial charge in [-0.25, -0.2) is 9.98 Å². The number of hydrogen-bond donors (Lipinski definition) is 2. The molecule has 7 nitrogen and oxygen atoms in total. The number of para-hydroxylation sites is 2. The number of aromatic hydroxyl groups is 1. The van der Waals surface area contributed by atoms with Crippen molar-refractivity contribution in [2.75, 3.05) is 0 Å². The normalized spacial score (nSPS) is 12.5. The van der Waals surface area contributed by atoms with E-state index in [0.717, 1.165) is 15.9 Å². The van der Waals surface area contributed by atoms with Crippen molar-refractivity contribution in [3.63, 3.8) is 0 Å². The van der Waals surface area contributed by atoms with Crippen molar-refractivity contribution in [2.24, 2.45) is 9.98 Å². The van der Waals surface area contributed by atoms with E-state index in [2.05, 4.69) is 9.98 Å². The first-order valence-electron chi connectivity index (χ1n) is 5.93.